The largest absolute Gasteiger partial charge is 0.0597 e. The average Bonchev–Trinajstić information content (AvgIpc) is 1.97. The van der Waals surface area contributed by atoms with Crippen molar-refractivity contribution in [2.75, 3.05) is 0 Å². The molecule has 0 saturated heterocycles. The number of hydrogen-bond donors (Lipinski definition) is 0. The lowest BCUT2D eigenvalue weighted by atomic mass is 9.61. The van der Waals surface area contributed by atoms with Gasteiger partial charge in [0.1, 0.15) is 0 Å². The van der Waals surface area contributed by atoms with E-state index in [4.69, 9.17) is 0 Å². The smallest absolute Gasteiger partial charge is 0.0305 e. The Labute approximate surface area is 104 Å². The molecule has 0 aromatic carbocycles. The molecule has 0 heterocycles. The predicted molar refractivity (Wildman–Crippen MR) is 75.7 cm³/mol. The Bertz CT molecular complexity index is 191. The van der Waals surface area contributed by atoms with Crippen molar-refractivity contribution < 1.29 is 0 Å². The zero-order valence-corrected chi connectivity index (χ0v) is 13.4. The van der Waals surface area contributed by atoms with Gasteiger partial charge < -0.3 is 0 Å². The third kappa shape index (κ3) is 3.79. The summed E-state index contributed by atoms with van der Waals surface area (Å²) in [6.45, 7) is 23.8. The van der Waals surface area contributed by atoms with Crippen molar-refractivity contribution in [3.63, 3.8) is 0 Å². The molecule has 0 nitrogen and oxygen atoms in total. The van der Waals surface area contributed by atoms with E-state index in [2.05, 4.69) is 69.2 Å². The quantitative estimate of drug-likeness (QED) is 0.561. The highest BCUT2D eigenvalue weighted by Gasteiger charge is 2.37. The highest BCUT2D eigenvalue weighted by Crippen LogP contribution is 2.48. The van der Waals surface area contributed by atoms with E-state index >= 15 is 0 Å². The summed E-state index contributed by atoms with van der Waals surface area (Å²) >= 11 is 0. The van der Waals surface area contributed by atoms with E-state index < -0.39 is 0 Å². The molecule has 16 heavy (non-hydrogen) atoms. The minimum Gasteiger partial charge on any atom is -0.0597 e. The van der Waals surface area contributed by atoms with Crippen LogP contribution < -0.4 is 0 Å². The molecular formula is C16H34. The van der Waals surface area contributed by atoms with Crippen LogP contribution in [0, 0.1) is 21.7 Å². The van der Waals surface area contributed by atoms with Gasteiger partial charge in [-0.2, -0.15) is 0 Å². The molecule has 0 fully saturated rings. The molecule has 0 amide bonds. The molecule has 0 rings (SSSR count). The van der Waals surface area contributed by atoms with Crippen molar-refractivity contribution >= 4 is 0 Å². The minimum absolute atomic E-state index is 0.390. The Kier molecular flexibility index (Phi) is 4.35. The molecule has 0 spiro atoms. The first-order chi connectivity index (χ1) is 6.71. The van der Waals surface area contributed by atoms with Crippen LogP contribution >= 0.6 is 0 Å². The molecule has 0 N–H and O–H groups in total. The molecule has 0 aromatic rings. The monoisotopic (exact) mass is 226 g/mol. The van der Waals surface area contributed by atoms with Crippen LogP contribution in [0.1, 0.15) is 82.1 Å². The lowest BCUT2D eigenvalue weighted by Crippen LogP contribution is -2.35. The molecule has 0 aliphatic rings. The average molecular weight is 226 g/mol. The van der Waals surface area contributed by atoms with Crippen molar-refractivity contribution in [1.82, 2.24) is 0 Å². The van der Waals surface area contributed by atoms with Gasteiger partial charge in [0, 0.05) is 0 Å². The van der Waals surface area contributed by atoms with E-state index in [0.29, 0.717) is 21.7 Å². The summed E-state index contributed by atoms with van der Waals surface area (Å²) < 4.78 is 0. The van der Waals surface area contributed by atoms with Gasteiger partial charge in [-0.3, -0.25) is 0 Å². The third-order valence-electron chi connectivity index (χ3n) is 5.44. The van der Waals surface area contributed by atoms with Crippen molar-refractivity contribution in [3.8, 4) is 0 Å². The van der Waals surface area contributed by atoms with E-state index in [9.17, 15) is 0 Å². The molecule has 98 valence electrons. The number of hydrogen-bond acceptors (Lipinski definition) is 0. The predicted octanol–water partition coefficient (Wildman–Crippen LogP) is 5.91. The van der Waals surface area contributed by atoms with Crippen LogP contribution in [0.2, 0.25) is 0 Å². The van der Waals surface area contributed by atoms with Crippen LogP contribution in [0.5, 0.6) is 0 Å². The Balaban J connectivity index is 4.59. The SMILES string of the molecule is CC(C)(C)C(C)(C)CCC(C)(C)C(C)(C)C. The summed E-state index contributed by atoms with van der Waals surface area (Å²) in [6, 6.07) is 0. The molecule has 0 aliphatic heterocycles. The van der Waals surface area contributed by atoms with Crippen molar-refractivity contribution in [1.29, 1.82) is 0 Å². The Hall–Kier alpha value is 0. The zero-order valence-electron chi connectivity index (χ0n) is 13.4. The second-order valence-corrected chi connectivity index (χ2v) is 8.77. The van der Waals surface area contributed by atoms with Gasteiger partial charge in [-0.25, -0.2) is 0 Å². The first-order valence-electron chi connectivity index (χ1n) is 6.71. The van der Waals surface area contributed by atoms with Crippen molar-refractivity contribution in [2.45, 2.75) is 82.1 Å². The summed E-state index contributed by atoms with van der Waals surface area (Å²) in [4.78, 5) is 0. The Morgan fingerprint density at radius 1 is 0.438 bits per heavy atom. The van der Waals surface area contributed by atoms with Gasteiger partial charge in [-0.05, 0) is 34.5 Å². The first-order valence-corrected chi connectivity index (χ1v) is 6.71. The molecule has 0 aliphatic carbocycles. The van der Waals surface area contributed by atoms with E-state index in [1.165, 1.54) is 12.8 Å². The fourth-order valence-corrected chi connectivity index (χ4v) is 1.37. The van der Waals surface area contributed by atoms with Crippen LogP contribution in [-0.4, -0.2) is 0 Å². The van der Waals surface area contributed by atoms with Gasteiger partial charge in [-0.1, -0.05) is 69.2 Å². The van der Waals surface area contributed by atoms with Gasteiger partial charge in [0.2, 0.25) is 0 Å². The lowest BCUT2D eigenvalue weighted by molar-refractivity contribution is 0.0573. The lowest BCUT2D eigenvalue weighted by Gasteiger charge is -2.45. The van der Waals surface area contributed by atoms with Gasteiger partial charge in [0.05, 0.1) is 0 Å². The summed E-state index contributed by atoms with van der Waals surface area (Å²) in [5.74, 6) is 0. The van der Waals surface area contributed by atoms with Crippen LogP contribution in [0.15, 0.2) is 0 Å². The second-order valence-electron chi connectivity index (χ2n) is 8.77. The van der Waals surface area contributed by atoms with E-state index in [-0.39, 0.29) is 0 Å². The van der Waals surface area contributed by atoms with E-state index in [0.717, 1.165) is 0 Å². The van der Waals surface area contributed by atoms with Crippen LogP contribution in [0.25, 0.3) is 0 Å². The summed E-state index contributed by atoms with van der Waals surface area (Å²) in [5.41, 5.74) is 1.60. The summed E-state index contributed by atoms with van der Waals surface area (Å²) in [6.07, 6.45) is 2.61. The molecule has 0 radical (unpaired) electrons. The normalized spacial score (nSPS) is 15.4. The van der Waals surface area contributed by atoms with Crippen LogP contribution in [-0.2, 0) is 0 Å². The maximum atomic E-state index is 2.41. The number of rotatable bonds is 3. The van der Waals surface area contributed by atoms with Gasteiger partial charge >= 0.3 is 0 Å². The molecule has 0 aromatic heterocycles. The summed E-state index contributed by atoms with van der Waals surface area (Å²) in [7, 11) is 0. The standard InChI is InChI=1S/C16H34/c1-13(2,3)15(7,8)11-12-16(9,10)14(4,5)6/h11-12H2,1-10H3. The van der Waals surface area contributed by atoms with Gasteiger partial charge in [-0.15, -0.1) is 0 Å². The topological polar surface area (TPSA) is 0 Å². The third-order valence-corrected chi connectivity index (χ3v) is 5.44. The van der Waals surface area contributed by atoms with Crippen LogP contribution in [0.4, 0.5) is 0 Å². The van der Waals surface area contributed by atoms with Crippen molar-refractivity contribution in [2.24, 2.45) is 21.7 Å². The fraction of sp³-hybridized carbons (Fsp3) is 1.00. The molecular weight excluding hydrogens is 192 g/mol. The maximum absolute atomic E-state index is 2.41. The second kappa shape index (κ2) is 4.35. The minimum atomic E-state index is 0.390. The first kappa shape index (κ1) is 16.0. The fourth-order valence-electron chi connectivity index (χ4n) is 1.37. The Morgan fingerprint density at radius 3 is 0.750 bits per heavy atom. The maximum Gasteiger partial charge on any atom is -0.0305 e. The molecule has 0 atom stereocenters. The highest BCUT2D eigenvalue weighted by molar-refractivity contribution is 4.88. The molecule has 0 bridgehead atoms. The van der Waals surface area contributed by atoms with E-state index in [1.807, 2.05) is 0 Å². The van der Waals surface area contributed by atoms with Gasteiger partial charge in [0.15, 0.2) is 0 Å². The van der Waals surface area contributed by atoms with Gasteiger partial charge in [0.25, 0.3) is 0 Å². The van der Waals surface area contributed by atoms with E-state index in [1.54, 1.807) is 0 Å². The van der Waals surface area contributed by atoms with Crippen LogP contribution in [0.3, 0.4) is 0 Å². The Morgan fingerprint density at radius 2 is 0.625 bits per heavy atom. The highest BCUT2D eigenvalue weighted by atomic mass is 14.4. The molecule has 0 unspecified atom stereocenters. The van der Waals surface area contributed by atoms with Crippen molar-refractivity contribution in [3.05, 3.63) is 0 Å². The summed E-state index contributed by atoms with van der Waals surface area (Å²) in [5, 5.41) is 0. The molecule has 0 heteroatoms. The molecule has 0 saturated carbocycles. The zero-order chi connectivity index (χ0) is 13.4.